The molecule has 0 aromatic heterocycles. The molecular weight excluding hydrogens is 196 g/mol. The molecule has 1 aliphatic carbocycles. The van der Waals surface area contributed by atoms with Gasteiger partial charge in [0.05, 0.1) is 0 Å². The number of hydrogen-bond acceptors (Lipinski definition) is 2. The fraction of sp³-hybridized carbons (Fsp3) is 1.00. The zero-order valence-corrected chi connectivity index (χ0v) is 11.2. The van der Waals surface area contributed by atoms with Crippen molar-refractivity contribution < 1.29 is 0 Å². The molecule has 1 aliphatic rings. The van der Waals surface area contributed by atoms with Gasteiger partial charge in [0.25, 0.3) is 0 Å². The van der Waals surface area contributed by atoms with Gasteiger partial charge in [-0.25, -0.2) is 0 Å². The van der Waals surface area contributed by atoms with Crippen molar-refractivity contribution in [3.05, 3.63) is 0 Å². The highest BCUT2D eigenvalue weighted by Gasteiger charge is 2.25. The maximum absolute atomic E-state index is 5.60. The second-order valence-electron chi connectivity index (χ2n) is 6.03. The Bertz CT molecular complexity index is 174. The third kappa shape index (κ3) is 5.31. The summed E-state index contributed by atoms with van der Waals surface area (Å²) in [6.45, 7) is 7.89. The molecule has 1 fully saturated rings. The fourth-order valence-corrected chi connectivity index (χ4v) is 2.67. The van der Waals surface area contributed by atoms with Crippen LogP contribution in [0.5, 0.6) is 0 Å². The molecular formula is C14H30N2. The van der Waals surface area contributed by atoms with Gasteiger partial charge in [0.2, 0.25) is 0 Å². The van der Waals surface area contributed by atoms with Crippen LogP contribution in [0.3, 0.4) is 0 Å². The van der Waals surface area contributed by atoms with E-state index in [0.717, 1.165) is 6.54 Å². The molecule has 0 aliphatic heterocycles. The lowest BCUT2D eigenvalue weighted by molar-refractivity contribution is 0.207. The second kappa shape index (κ2) is 7.29. The third-order valence-corrected chi connectivity index (χ3v) is 4.07. The number of nitrogens with two attached hydrogens (primary N) is 1. The average molecular weight is 226 g/mol. The first-order valence-electron chi connectivity index (χ1n) is 7.07. The minimum atomic E-state index is 0.581. The molecule has 1 atom stereocenters. The quantitative estimate of drug-likeness (QED) is 0.655. The van der Waals surface area contributed by atoms with Crippen LogP contribution in [-0.4, -0.2) is 19.6 Å². The van der Waals surface area contributed by atoms with Crippen molar-refractivity contribution in [3.63, 3.8) is 0 Å². The van der Waals surface area contributed by atoms with Gasteiger partial charge in [-0.2, -0.15) is 0 Å². The Hall–Kier alpha value is -0.0800. The van der Waals surface area contributed by atoms with E-state index < -0.39 is 0 Å². The molecule has 2 heteroatoms. The Morgan fingerprint density at radius 3 is 2.56 bits per heavy atom. The van der Waals surface area contributed by atoms with Crippen LogP contribution in [0.4, 0.5) is 0 Å². The van der Waals surface area contributed by atoms with Crippen LogP contribution < -0.4 is 11.1 Å². The molecule has 3 N–H and O–H groups in total. The van der Waals surface area contributed by atoms with Crippen LogP contribution in [0.15, 0.2) is 0 Å². The summed E-state index contributed by atoms with van der Waals surface area (Å²) in [6.07, 6.45) is 9.68. The van der Waals surface area contributed by atoms with Crippen LogP contribution >= 0.6 is 0 Å². The van der Waals surface area contributed by atoms with Crippen molar-refractivity contribution in [2.24, 2.45) is 17.1 Å². The number of nitrogens with one attached hydrogen (secondary N) is 1. The van der Waals surface area contributed by atoms with Gasteiger partial charge < -0.3 is 11.1 Å². The topological polar surface area (TPSA) is 38.0 Å². The zero-order valence-electron chi connectivity index (χ0n) is 11.2. The van der Waals surface area contributed by atoms with Gasteiger partial charge in [-0.05, 0) is 50.1 Å². The molecule has 0 radical (unpaired) electrons. The molecule has 1 rings (SSSR count). The molecule has 2 nitrogen and oxygen atoms in total. The summed E-state index contributed by atoms with van der Waals surface area (Å²) < 4.78 is 0. The maximum Gasteiger partial charge on any atom is 0.000516 e. The molecule has 0 amide bonds. The Labute approximate surface area is 101 Å². The first kappa shape index (κ1) is 14.0. The van der Waals surface area contributed by atoms with E-state index in [4.69, 9.17) is 5.73 Å². The largest absolute Gasteiger partial charge is 0.330 e. The van der Waals surface area contributed by atoms with E-state index in [9.17, 15) is 0 Å². The molecule has 16 heavy (non-hydrogen) atoms. The molecule has 0 aromatic rings. The maximum atomic E-state index is 5.60. The predicted octanol–water partition coefficient (Wildman–Crippen LogP) is 2.92. The van der Waals surface area contributed by atoms with Crippen LogP contribution in [0.1, 0.15) is 58.8 Å². The molecule has 96 valence electrons. The molecule has 0 aromatic carbocycles. The zero-order chi connectivity index (χ0) is 11.9. The minimum Gasteiger partial charge on any atom is -0.330 e. The summed E-state index contributed by atoms with van der Waals surface area (Å²) in [5.74, 6) is 0.687. The van der Waals surface area contributed by atoms with E-state index in [2.05, 4.69) is 19.2 Å². The third-order valence-electron chi connectivity index (χ3n) is 4.07. The highest BCUT2D eigenvalue weighted by Crippen LogP contribution is 2.34. The molecule has 0 spiro atoms. The van der Waals surface area contributed by atoms with E-state index in [1.165, 1.54) is 58.0 Å². The first-order valence-corrected chi connectivity index (χ1v) is 7.07. The van der Waals surface area contributed by atoms with Gasteiger partial charge in [0.15, 0.2) is 0 Å². The van der Waals surface area contributed by atoms with Gasteiger partial charge >= 0.3 is 0 Å². The van der Waals surface area contributed by atoms with Crippen LogP contribution in [0, 0.1) is 11.3 Å². The standard InChI is InChI=1S/C14H30N2/c1-13(11-15)7-6-10-16-12-14(2)8-4-3-5-9-14/h13,16H,3-12,15H2,1-2H3. The van der Waals surface area contributed by atoms with Crippen LogP contribution in [0.25, 0.3) is 0 Å². The van der Waals surface area contributed by atoms with E-state index in [-0.39, 0.29) is 0 Å². The molecule has 1 unspecified atom stereocenters. The smallest absolute Gasteiger partial charge is 0.000516 e. The van der Waals surface area contributed by atoms with Crippen molar-refractivity contribution in [1.82, 2.24) is 5.32 Å². The van der Waals surface area contributed by atoms with E-state index in [1.807, 2.05) is 0 Å². The summed E-state index contributed by atoms with van der Waals surface area (Å²) >= 11 is 0. The fourth-order valence-electron chi connectivity index (χ4n) is 2.67. The van der Waals surface area contributed by atoms with Crippen LogP contribution in [-0.2, 0) is 0 Å². The molecule has 1 saturated carbocycles. The van der Waals surface area contributed by atoms with Crippen molar-refractivity contribution in [2.75, 3.05) is 19.6 Å². The normalized spacial score (nSPS) is 21.9. The SMILES string of the molecule is CC(CN)CCCNCC1(C)CCCCC1. The lowest BCUT2D eigenvalue weighted by Crippen LogP contribution is -2.34. The van der Waals surface area contributed by atoms with Gasteiger partial charge in [-0.3, -0.25) is 0 Å². The summed E-state index contributed by atoms with van der Waals surface area (Å²) in [5.41, 5.74) is 6.19. The summed E-state index contributed by atoms with van der Waals surface area (Å²) in [7, 11) is 0. The summed E-state index contributed by atoms with van der Waals surface area (Å²) in [4.78, 5) is 0. The van der Waals surface area contributed by atoms with Gasteiger partial charge in [-0.15, -0.1) is 0 Å². The Kier molecular flexibility index (Phi) is 6.37. The Morgan fingerprint density at radius 1 is 1.25 bits per heavy atom. The monoisotopic (exact) mass is 226 g/mol. The molecule has 0 bridgehead atoms. The second-order valence-corrected chi connectivity index (χ2v) is 6.03. The number of hydrogen-bond donors (Lipinski definition) is 2. The summed E-state index contributed by atoms with van der Waals surface area (Å²) in [6, 6.07) is 0. The van der Waals surface area contributed by atoms with Crippen LogP contribution in [0.2, 0.25) is 0 Å². The van der Waals surface area contributed by atoms with Gasteiger partial charge in [0, 0.05) is 6.54 Å². The van der Waals surface area contributed by atoms with E-state index in [1.54, 1.807) is 0 Å². The van der Waals surface area contributed by atoms with Crippen molar-refractivity contribution in [1.29, 1.82) is 0 Å². The lowest BCUT2D eigenvalue weighted by atomic mass is 9.76. The summed E-state index contributed by atoms with van der Waals surface area (Å²) in [5, 5.41) is 3.63. The van der Waals surface area contributed by atoms with Crippen molar-refractivity contribution in [3.8, 4) is 0 Å². The Balaban J connectivity index is 2.01. The highest BCUT2D eigenvalue weighted by atomic mass is 14.9. The lowest BCUT2D eigenvalue weighted by Gasteiger charge is -2.33. The van der Waals surface area contributed by atoms with E-state index in [0.29, 0.717) is 11.3 Å². The predicted molar refractivity (Wildman–Crippen MR) is 71.5 cm³/mol. The van der Waals surface area contributed by atoms with E-state index >= 15 is 0 Å². The molecule has 0 heterocycles. The molecule has 0 saturated heterocycles. The van der Waals surface area contributed by atoms with Gasteiger partial charge in [-0.1, -0.05) is 33.1 Å². The van der Waals surface area contributed by atoms with Crippen molar-refractivity contribution >= 4 is 0 Å². The Morgan fingerprint density at radius 2 is 1.94 bits per heavy atom. The average Bonchev–Trinajstić information content (AvgIpc) is 2.29. The minimum absolute atomic E-state index is 0.581. The first-order chi connectivity index (χ1) is 7.66. The van der Waals surface area contributed by atoms with Gasteiger partial charge in [0.1, 0.15) is 0 Å². The number of rotatable bonds is 7. The highest BCUT2D eigenvalue weighted by molar-refractivity contribution is 4.80. The van der Waals surface area contributed by atoms with Crippen molar-refractivity contribution in [2.45, 2.75) is 58.8 Å².